The number of hydrogen-bond acceptors (Lipinski definition) is 4. The van der Waals surface area contributed by atoms with Crippen LogP contribution in [0.2, 0.25) is 0 Å². The quantitative estimate of drug-likeness (QED) is 0.746. The first-order chi connectivity index (χ1) is 13.9. The Morgan fingerprint density at radius 1 is 1.17 bits per heavy atom. The highest BCUT2D eigenvalue weighted by Gasteiger charge is 2.29. The van der Waals surface area contributed by atoms with Crippen LogP contribution in [-0.2, 0) is 16.0 Å². The number of rotatable bonds is 7. The second-order valence-electron chi connectivity index (χ2n) is 8.15. The van der Waals surface area contributed by atoms with Crippen LogP contribution in [0.1, 0.15) is 61.8 Å². The van der Waals surface area contributed by atoms with Crippen LogP contribution < -0.4 is 11.1 Å². The lowest BCUT2D eigenvalue weighted by molar-refractivity contribution is -0.130. The maximum atomic E-state index is 12.8. The summed E-state index contributed by atoms with van der Waals surface area (Å²) >= 11 is 0. The van der Waals surface area contributed by atoms with Crippen LogP contribution >= 0.6 is 0 Å². The van der Waals surface area contributed by atoms with Gasteiger partial charge in [-0.25, -0.2) is 4.98 Å². The molecule has 0 aliphatic heterocycles. The number of pyridine rings is 1. The van der Waals surface area contributed by atoms with Gasteiger partial charge in [0, 0.05) is 18.0 Å². The number of Topliss-reactive ketones (excluding diaryl/α,β-unsaturated/α-hetero) is 1. The minimum absolute atomic E-state index is 0.0109. The highest BCUT2D eigenvalue weighted by atomic mass is 16.2. The van der Waals surface area contributed by atoms with Gasteiger partial charge < -0.3 is 11.1 Å². The molecule has 1 aliphatic rings. The number of carbonyl (C=O) groups is 2. The Bertz CT molecular complexity index is 850. The highest BCUT2D eigenvalue weighted by molar-refractivity contribution is 5.89. The van der Waals surface area contributed by atoms with Gasteiger partial charge in [-0.15, -0.1) is 0 Å². The molecule has 29 heavy (non-hydrogen) atoms. The average Bonchev–Trinajstić information content (AvgIpc) is 2.73. The second kappa shape index (κ2) is 9.68. The third-order valence-electron chi connectivity index (χ3n) is 6.02. The van der Waals surface area contributed by atoms with E-state index in [9.17, 15) is 9.59 Å². The summed E-state index contributed by atoms with van der Waals surface area (Å²) in [6.07, 6.45) is 4.91. The van der Waals surface area contributed by atoms with Crippen molar-refractivity contribution in [1.29, 1.82) is 0 Å². The van der Waals surface area contributed by atoms with Gasteiger partial charge >= 0.3 is 0 Å². The molecule has 5 heteroatoms. The van der Waals surface area contributed by atoms with E-state index in [0.29, 0.717) is 24.6 Å². The standard InChI is InChI=1S/C24H31N3O2/c1-16-18(12-14-23(25)26-16)11-13-22(28)17(2)27-24(29)21-10-6-9-20(15-21)19-7-4-3-5-8-19/h3-5,7-8,12,14,17,20-21H,6,9-11,13,15H2,1-2H3,(H2,25,26)(H,27,29)/t17-,20-,21+/m0/s1. The molecule has 1 fully saturated rings. The van der Waals surface area contributed by atoms with Crippen LogP contribution in [0.3, 0.4) is 0 Å². The van der Waals surface area contributed by atoms with E-state index in [1.165, 1.54) is 5.56 Å². The van der Waals surface area contributed by atoms with Crippen molar-refractivity contribution in [3.05, 3.63) is 59.3 Å². The number of amides is 1. The molecule has 3 rings (SSSR count). The minimum atomic E-state index is -0.471. The lowest BCUT2D eigenvalue weighted by atomic mass is 9.77. The number of aromatic nitrogens is 1. The summed E-state index contributed by atoms with van der Waals surface area (Å²) in [6, 6.07) is 13.6. The molecule has 2 aromatic rings. The van der Waals surface area contributed by atoms with Gasteiger partial charge in [-0.05, 0) is 62.6 Å². The lowest BCUT2D eigenvalue weighted by Crippen LogP contribution is -2.42. The fourth-order valence-corrected chi connectivity index (χ4v) is 4.22. The van der Waals surface area contributed by atoms with Crippen molar-refractivity contribution >= 4 is 17.5 Å². The van der Waals surface area contributed by atoms with Gasteiger partial charge in [0.15, 0.2) is 5.78 Å². The van der Waals surface area contributed by atoms with Gasteiger partial charge in [-0.3, -0.25) is 9.59 Å². The Morgan fingerprint density at radius 3 is 2.66 bits per heavy atom. The Hall–Kier alpha value is -2.69. The Labute approximate surface area is 173 Å². The number of nitrogens with two attached hydrogens (primary N) is 1. The van der Waals surface area contributed by atoms with Gasteiger partial charge in [0.25, 0.3) is 0 Å². The number of hydrogen-bond donors (Lipinski definition) is 2. The number of nitrogen functional groups attached to an aromatic ring is 1. The van der Waals surface area contributed by atoms with Crippen molar-refractivity contribution in [2.75, 3.05) is 5.73 Å². The summed E-state index contributed by atoms with van der Waals surface area (Å²) in [5.41, 5.74) is 8.85. The third-order valence-corrected chi connectivity index (χ3v) is 6.02. The van der Waals surface area contributed by atoms with Gasteiger partial charge in [0.05, 0.1) is 6.04 Å². The number of nitrogens with zero attached hydrogens (tertiary/aromatic N) is 1. The first-order valence-corrected chi connectivity index (χ1v) is 10.5. The smallest absolute Gasteiger partial charge is 0.223 e. The molecule has 0 spiro atoms. The molecule has 1 heterocycles. The van der Waals surface area contributed by atoms with Crippen LogP contribution in [0, 0.1) is 12.8 Å². The van der Waals surface area contributed by atoms with Crippen LogP contribution in [0.25, 0.3) is 0 Å². The number of ketones is 1. The lowest BCUT2D eigenvalue weighted by Gasteiger charge is -2.29. The topological polar surface area (TPSA) is 85.1 Å². The molecule has 0 bridgehead atoms. The maximum Gasteiger partial charge on any atom is 0.223 e. The Kier molecular flexibility index (Phi) is 7.02. The summed E-state index contributed by atoms with van der Waals surface area (Å²) in [5.74, 6) is 0.946. The molecular formula is C24H31N3O2. The van der Waals surface area contributed by atoms with Crippen molar-refractivity contribution in [3.63, 3.8) is 0 Å². The summed E-state index contributed by atoms with van der Waals surface area (Å²) in [4.78, 5) is 29.5. The number of carbonyl (C=O) groups excluding carboxylic acids is 2. The number of benzene rings is 1. The summed E-state index contributed by atoms with van der Waals surface area (Å²) < 4.78 is 0. The average molecular weight is 394 g/mol. The first-order valence-electron chi connectivity index (χ1n) is 10.5. The molecule has 1 saturated carbocycles. The molecule has 1 aromatic heterocycles. The maximum absolute atomic E-state index is 12.8. The van der Waals surface area contributed by atoms with Gasteiger partial charge in [-0.2, -0.15) is 0 Å². The molecular weight excluding hydrogens is 362 g/mol. The predicted octanol–water partition coefficient (Wildman–Crippen LogP) is 3.95. The van der Waals surface area contributed by atoms with E-state index < -0.39 is 6.04 Å². The highest BCUT2D eigenvalue weighted by Crippen LogP contribution is 2.36. The largest absolute Gasteiger partial charge is 0.384 e. The Balaban J connectivity index is 1.50. The zero-order valence-electron chi connectivity index (χ0n) is 17.4. The zero-order valence-corrected chi connectivity index (χ0v) is 17.4. The molecule has 3 atom stereocenters. The van der Waals surface area contributed by atoms with Gasteiger partial charge in [0.2, 0.25) is 5.91 Å². The summed E-state index contributed by atoms with van der Waals surface area (Å²) in [5, 5.41) is 2.96. The van der Waals surface area contributed by atoms with E-state index in [4.69, 9.17) is 5.73 Å². The second-order valence-corrected chi connectivity index (χ2v) is 8.15. The molecule has 1 aromatic carbocycles. The molecule has 1 aliphatic carbocycles. The molecule has 5 nitrogen and oxygen atoms in total. The fraction of sp³-hybridized carbons (Fsp3) is 0.458. The van der Waals surface area contributed by atoms with E-state index in [1.54, 1.807) is 13.0 Å². The summed E-state index contributed by atoms with van der Waals surface area (Å²) in [6.45, 7) is 3.68. The van der Waals surface area contributed by atoms with Gasteiger partial charge in [0.1, 0.15) is 5.82 Å². The van der Waals surface area contributed by atoms with Crippen LogP contribution in [0.5, 0.6) is 0 Å². The van der Waals surface area contributed by atoms with Crippen LogP contribution in [0.4, 0.5) is 5.82 Å². The number of anilines is 1. The van der Waals surface area contributed by atoms with Crippen molar-refractivity contribution in [1.82, 2.24) is 10.3 Å². The SMILES string of the molecule is Cc1nc(N)ccc1CCC(=O)[C@H](C)NC(=O)[C@@H]1CCC[C@H](c2ccccc2)C1. The van der Waals surface area contributed by atoms with Gasteiger partial charge in [-0.1, -0.05) is 42.8 Å². The molecule has 0 saturated heterocycles. The molecule has 0 radical (unpaired) electrons. The Morgan fingerprint density at radius 2 is 1.93 bits per heavy atom. The molecule has 0 unspecified atom stereocenters. The predicted molar refractivity (Wildman–Crippen MR) is 115 cm³/mol. The summed E-state index contributed by atoms with van der Waals surface area (Å²) in [7, 11) is 0. The van der Waals surface area contributed by atoms with E-state index in [1.807, 2.05) is 19.1 Å². The van der Waals surface area contributed by atoms with Crippen molar-refractivity contribution in [2.24, 2.45) is 5.92 Å². The van der Waals surface area contributed by atoms with Crippen LogP contribution in [0.15, 0.2) is 42.5 Å². The van der Waals surface area contributed by atoms with Crippen molar-refractivity contribution in [3.8, 4) is 0 Å². The monoisotopic (exact) mass is 393 g/mol. The molecule has 154 valence electrons. The first kappa shape index (κ1) is 21.0. The normalized spacial score (nSPS) is 20.1. The van der Waals surface area contributed by atoms with Crippen molar-refractivity contribution < 1.29 is 9.59 Å². The van der Waals surface area contributed by atoms with Crippen molar-refractivity contribution in [2.45, 2.75) is 64.3 Å². The van der Waals surface area contributed by atoms with Crippen LogP contribution in [-0.4, -0.2) is 22.7 Å². The number of aryl methyl sites for hydroxylation is 2. The zero-order chi connectivity index (χ0) is 20.8. The fourth-order valence-electron chi connectivity index (χ4n) is 4.22. The molecule has 3 N–H and O–H groups in total. The van der Waals surface area contributed by atoms with E-state index in [-0.39, 0.29) is 17.6 Å². The molecule has 1 amide bonds. The van der Waals surface area contributed by atoms with E-state index >= 15 is 0 Å². The van der Waals surface area contributed by atoms with E-state index in [0.717, 1.165) is 36.9 Å². The minimum Gasteiger partial charge on any atom is -0.384 e. The third kappa shape index (κ3) is 5.66. The number of nitrogens with one attached hydrogen (secondary N) is 1. The van der Waals surface area contributed by atoms with E-state index in [2.05, 4.69) is 34.6 Å².